The standard InChI is InChI=1S/C19H19FN4O4.CH2O2/c1-10-4-14(18(26)23-22-10)11-5-12(7-13(20)6-11)19(27)24-3-2-16-15(8-24)21-17(25)9-28-16;2-1-3/h4-7,15-16H,2-3,8-9H2,1H3,(H,21,25)(H,23,26);1H,(H,2,3)/t15-,16+;/m0./s1. The lowest BCUT2D eigenvalue weighted by Crippen LogP contribution is -2.61. The summed E-state index contributed by atoms with van der Waals surface area (Å²) in [6, 6.07) is 5.12. The van der Waals surface area contributed by atoms with E-state index in [1.807, 2.05) is 0 Å². The fraction of sp³-hybridized carbons (Fsp3) is 0.350. The topological polar surface area (TPSA) is 142 Å². The monoisotopic (exact) mass is 432 g/mol. The predicted octanol–water partition coefficient (Wildman–Crippen LogP) is 0.315. The van der Waals surface area contributed by atoms with Gasteiger partial charge in [-0.25, -0.2) is 9.49 Å². The van der Waals surface area contributed by atoms with Crippen LogP contribution in [0.4, 0.5) is 4.39 Å². The van der Waals surface area contributed by atoms with E-state index in [4.69, 9.17) is 14.6 Å². The van der Waals surface area contributed by atoms with Crippen LogP contribution in [0.15, 0.2) is 29.1 Å². The average Bonchev–Trinajstić information content (AvgIpc) is 2.74. The van der Waals surface area contributed by atoms with Crippen molar-refractivity contribution in [1.82, 2.24) is 20.4 Å². The minimum absolute atomic E-state index is 0.0300. The lowest BCUT2D eigenvalue weighted by molar-refractivity contribution is -0.139. The molecule has 0 aliphatic carbocycles. The molecule has 1 aromatic heterocycles. The highest BCUT2D eigenvalue weighted by Gasteiger charge is 2.36. The Morgan fingerprint density at radius 2 is 2.06 bits per heavy atom. The van der Waals surface area contributed by atoms with Gasteiger partial charge in [0.05, 0.1) is 23.4 Å². The largest absolute Gasteiger partial charge is 0.483 e. The van der Waals surface area contributed by atoms with Gasteiger partial charge in [-0.3, -0.25) is 19.2 Å². The van der Waals surface area contributed by atoms with E-state index < -0.39 is 11.4 Å². The Morgan fingerprint density at radius 1 is 1.32 bits per heavy atom. The minimum atomic E-state index is -0.612. The average molecular weight is 432 g/mol. The maximum Gasteiger partial charge on any atom is 0.290 e. The molecule has 11 heteroatoms. The van der Waals surface area contributed by atoms with Crippen molar-refractivity contribution in [1.29, 1.82) is 0 Å². The van der Waals surface area contributed by atoms with Crippen molar-refractivity contribution in [2.24, 2.45) is 0 Å². The van der Waals surface area contributed by atoms with Crippen LogP contribution in [-0.2, 0) is 14.3 Å². The molecule has 1 aromatic carbocycles. The van der Waals surface area contributed by atoms with Crippen LogP contribution in [0.1, 0.15) is 22.5 Å². The number of carboxylic acid groups (broad SMARTS) is 1. The van der Waals surface area contributed by atoms with Crippen LogP contribution in [0, 0.1) is 12.7 Å². The van der Waals surface area contributed by atoms with Crippen molar-refractivity contribution in [3.63, 3.8) is 0 Å². The summed E-state index contributed by atoms with van der Waals surface area (Å²) in [5, 5.41) is 15.9. The molecular formula is C20H21FN4O6. The summed E-state index contributed by atoms with van der Waals surface area (Å²) in [6.45, 7) is 2.21. The number of aryl methyl sites for hydroxylation is 1. The van der Waals surface area contributed by atoms with Crippen molar-refractivity contribution in [2.45, 2.75) is 25.5 Å². The highest BCUT2D eigenvalue weighted by molar-refractivity contribution is 5.95. The van der Waals surface area contributed by atoms with Crippen LogP contribution < -0.4 is 10.9 Å². The lowest BCUT2D eigenvalue weighted by Gasteiger charge is -2.41. The zero-order valence-electron chi connectivity index (χ0n) is 16.6. The van der Waals surface area contributed by atoms with Crippen LogP contribution in [0.25, 0.3) is 11.1 Å². The SMILES string of the molecule is Cc1cc(-c2cc(F)cc(C(=O)N3CC[C@H]4OCC(=O)N[C@H]4C3)c2)c(=O)[nH]n1.O=CO. The highest BCUT2D eigenvalue weighted by Crippen LogP contribution is 2.23. The van der Waals surface area contributed by atoms with Crippen LogP contribution in [-0.4, -0.2) is 70.3 Å². The van der Waals surface area contributed by atoms with Gasteiger partial charge in [0.15, 0.2) is 0 Å². The van der Waals surface area contributed by atoms with Gasteiger partial charge in [-0.1, -0.05) is 0 Å². The number of nitrogens with one attached hydrogen (secondary N) is 2. The first-order valence-corrected chi connectivity index (χ1v) is 9.47. The van der Waals surface area contributed by atoms with Gasteiger partial charge in [0.2, 0.25) is 5.91 Å². The molecule has 2 aliphatic rings. The van der Waals surface area contributed by atoms with E-state index >= 15 is 0 Å². The first-order valence-electron chi connectivity index (χ1n) is 9.47. The van der Waals surface area contributed by atoms with Gasteiger partial charge in [-0.15, -0.1) is 0 Å². The number of nitrogens with zero attached hydrogens (tertiary/aromatic N) is 2. The van der Waals surface area contributed by atoms with Gasteiger partial charge in [0, 0.05) is 18.7 Å². The van der Waals surface area contributed by atoms with E-state index in [2.05, 4.69) is 15.5 Å². The first kappa shape index (κ1) is 22.1. The van der Waals surface area contributed by atoms with E-state index in [-0.39, 0.29) is 54.7 Å². The second-order valence-corrected chi connectivity index (χ2v) is 7.15. The molecule has 0 spiro atoms. The molecule has 2 atom stereocenters. The molecule has 164 valence electrons. The predicted molar refractivity (Wildman–Crippen MR) is 106 cm³/mol. The number of piperidine rings is 1. The number of morpholine rings is 1. The highest BCUT2D eigenvalue weighted by atomic mass is 19.1. The second-order valence-electron chi connectivity index (χ2n) is 7.15. The van der Waals surface area contributed by atoms with Gasteiger partial charge in [0.25, 0.3) is 17.9 Å². The molecule has 3 heterocycles. The van der Waals surface area contributed by atoms with Crippen LogP contribution in [0.2, 0.25) is 0 Å². The number of fused-ring (bicyclic) bond motifs is 1. The number of amides is 2. The Balaban J connectivity index is 0.000000858. The summed E-state index contributed by atoms with van der Waals surface area (Å²) >= 11 is 0. The number of carbonyl (C=O) groups is 3. The molecule has 0 unspecified atom stereocenters. The third kappa shape index (κ3) is 5.12. The summed E-state index contributed by atoms with van der Waals surface area (Å²) in [7, 11) is 0. The number of benzene rings is 1. The van der Waals surface area contributed by atoms with Gasteiger partial charge in [-0.05, 0) is 43.2 Å². The summed E-state index contributed by atoms with van der Waals surface area (Å²) < 4.78 is 19.7. The fourth-order valence-electron chi connectivity index (χ4n) is 3.66. The number of halogens is 1. The quantitative estimate of drug-likeness (QED) is 0.580. The number of hydrogen-bond acceptors (Lipinski definition) is 6. The number of carbonyl (C=O) groups excluding carboxylic acids is 2. The number of ether oxygens (including phenoxy) is 1. The molecule has 3 N–H and O–H groups in total. The number of likely N-dealkylation sites (tertiary alicyclic amines) is 1. The van der Waals surface area contributed by atoms with E-state index in [1.54, 1.807) is 17.9 Å². The normalized spacial score (nSPS) is 20.1. The van der Waals surface area contributed by atoms with Crippen molar-refractivity contribution in [3.8, 4) is 11.1 Å². The molecule has 2 aromatic rings. The Hall–Kier alpha value is -3.60. The molecule has 0 bridgehead atoms. The number of aromatic amines is 1. The lowest BCUT2D eigenvalue weighted by atomic mass is 9.98. The Morgan fingerprint density at radius 3 is 2.81 bits per heavy atom. The van der Waals surface area contributed by atoms with Crippen molar-refractivity contribution in [2.75, 3.05) is 19.7 Å². The molecule has 4 rings (SSSR count). The Bertz CT molecular complexity index is 1060. The molecule has 31 heavy (non-hydrogen) atoms. The van der Waals surface area contributed by atoms with Gasteiger partial charge >= 0.3 is 0 Å². The molecule has 2 aliphatic heterocycles. The van der Waals surface area contributed by atoms with Crippen LogP contribution in [0.5, 0.6) is 0 Å². The van der Waals surface area contributed by atoms with Gasteiger partial charge in [0.1, 0.15) is 12.4 Å². The zero-order valence-corrected chi connectivity index (χ0v) is 16.6. The van der Waals surface area contributed by atoms with Crippen molar-refractivity contribution < 1.29 is 28.6 Å². The maximum atomic E-state index is 14.2. The Labute approximate surface area is 176 Å². The molecule has 0 saturated carbocycles. The first-order chi connectivity index (χ1) is 14.8. The maximum absolute atomic E-state index is 14.2. The minimum Gasteiger partial charge on any atom is -0.483 e. The summed E-state index contributed by atoms with van der Waals surface area (Å²) in [5.41, 5.74) is 0.802. The number of hydrogen-bond donors (Lipinski definition) is 3. The van der Waals surface area contributed by atoms with Gasteiger partial charge in [-0.2, -0.15) is 5.10 Å². The third-order valence-corrected chi connectivity index (χ3v) is 5.00. The number of rotatable bonds is 2. The number of H-pyrrole nitrogens is 1. The molecular weight excluding hydrogens is 411 g/mol. The van der Waals surface area contributed by atoms with Gasteiger partial charge < -0.3 is 20.1 Å². The van der Waals surface area contributed by atoms with E-state index in [0.717, 1.165) is 6.07 Å². The van der Waals surface area contributed by atoms with E-state index in [1.165, 1.54) is 12.1 Å². The molecule has 0 radical (unpaired) electrons. The smallest absolute Gasteiger partial charge is 0.290 e. The van der Waals surface area contributed by atoms with E-state index in [0.29, 0.717) is 24.2 Å². The molecule has 2 amide bonds. The number of aromatic nitrogens is 2. The van der Waals surface area contributed by atoms with E-state index in [9.17, 15) is 18.8 Å². The zero-order chi connectivity index (χ0) is 22.5. The fourth-order valence-corrected chi connectivity index (χ4v) is 3.66. The third-order valence-electron chi connectivity index (χ3n) is 5.00. The molecule has 10 nitrogen and oxygen atoms in total. The van der Waals surface area contributed by atoms with Crippen LogP contribution >= 0.6 is 0 Å². The van der Waals surface area contributed by atoms with Crippen molar-refractivity contribution >= 4 is 18.3 Å². The van der Waals surface area contributed by atoms with Crippen LogP contribution in [0.3, 0.4) is 0 Å². The summed E-state index contributed by atoms with van der Waals surface area (Å²) in [6.07, 6.45) is 0.463. The molecule has 2 fully saturated rings. The Kier molecular flexibility index (Phi) is 6.75. The summed E-state index contributed by atoms with van der Waals surface area (Å²) in [4.78, 5) is 46.5. The van der Waals surface area contributed by atoms with Crippen molar-refractivity contribution in [3.05, 3.63) is 51.7 Å². The second kappa shape index (κ2) is 9.47. The summed E-state index contributed by atoms with van der Waals surface area (Å²) in [5.74, 6) is -1.18. The molecule has 2 saturated heterocycles.